The Morgan fingerprint density at radius 3 is 2.37 bits per heavy atom. The van der Waals surface area contributed by atoms with E-state index in [9.17, 15) is 0 Å². The fourth-order valence-electron chi connectivity index (χ4n) is 3.17. The average molecular weight is 251 g/mol. The second kappa shape index (κ2) is 5.18. The smallest absolute Gasteiger partial charge is 0.0114 e. The van der Waals surface area contributed by atoms with Crippen molar-refractivity contribution in [2.24, 2.45) is 11.7 Å². The Morgan fingerprint density at radius 2 is 1.74 bits per heavy atom. The van der Waals surface area contributed by atoms with Crippen molar-refractivity contribution in [2.45, 2.75) is 32.2 Å². The highest BCUT2D eigenvalue weighted by atomic mass is 14.7. The normalized spacial score (nSPS) is 16.3. The van der Waals surface area contributed by atoms with Crippen LogP contribution in [0.25, 0.3) is 0 Å². The van der Waals surface area contributed by atoms with Crippen molar-refractivity contribution in [3.8, 4) is 0 Å². The Hall–Kier alpha value is -1.60. The van der Waals surface area contributed by atoms with Crippen LogP contribution in [-0.2, 0) is 19.3 Å². The standard InChI is InChI=1S/C18H21N/c1-13-5-4-6-14(9-13)10-18(19)17-11-15-7-2-3-8-16(15)12-17/h2-9,17-18H,10-12,19H2,1H3. The van der Waals surface area contributed by atoms with Gasteiger partial charge in [-0.2, -0.15) is 0 Å². The summed E-state index contributed by atoms with van der Waals surface area (Å²) in [5, 5.41) is 0. The first-order chi connectivity index (χ1) is 9.22. The first kappa shape index (κ1) is 12.4. The van der Waals surface area contributed by atoms with E-state index in [0.29, 0.717) is 5.92 Å². The molecule has 0 aliphatic heterocycles. The van der Waals surface area contributed by atoms with Gasteiger partial charge in [0.1, 0.15) is 0 Å². The fourth-order valence-corrected chi connectivity index (χ4v) is 3.17. The van der Waals surface area contributed by atoms with Crippen LogP contribution in [0.15, 0.2) is 48.5 Å². The number of benzene rings is 2. The fraction of sp³-hybridized carbons (Fsp3) is 0.333. The summed E-state index contributed by atoms with van der Waals surface area (Å²) in [4.78, 5) is 0. The van der Waals surface area contributed by atoms with E-state index in [1.807, 2.05) is 0 Å². The minimum absolute atomic E-state index is 0.259. The molecule has 1 heteroatoms. The van der Waals surface area contributed by atoms with Gasteiger partial charge in [0.15, 0.2) is 0 Å². The lowest BCUT2D eigenvalue weighted by molar-refractivity contribution is 0.437. The largest absolute Gasteiger partial charge is 0.327 e. The van der Waals surface area contributed by atoms with Gasteiger partial charge in [-0.15, -0.1) is 0 Å². The lowest BCUT2D eigenvalue weighted by Gasteiger charge is -2.19. The van der Waals surface area contributed by atoms with E-state index >= 15 is 0 Å². The summed E-state index contributed by atoms with van der Waals surface area (Å²) < 4.78 is 0. The first-order valence-corrected chi connectivity index (χ1v) is 7.10. The topological polar surface area (TPSA) is 26.0 Å². The van der Waals surface area contributed by atoms with Gasteiger partial charge in [0.2, 0.25) is 0 Å². The molecule has 2 N–H and O–H groups in total. The van der Waals surface area contributed by atoms with Crippen molar-refractivity contribution in [3.63, 3.8) is 0 Å². The summed E-state index contributed by atoms with van der Waals surface area (Å²) in [6.45, 7) is 2.14. The van der Waals surface area contributed by atoms with E-state index in [2.05, 4.69) is 55.5 Å². The second-order valence-electron chi connectivity index (χ2n) is 5.79. The van der Waals surface area contributed by atoms with E-state index in [4.69, 9.17) is 5.73 Å². The molecule has 0 amide bonds. The second-order valence-corrected chi connectivity index (χ2v) is 5.79. The van der Waals surface area contributed by atoms with Crippen molar-refractivity contribution < 1.29 is 0 Å². The van der Waals surface area contributed by atoms with E-state index in [1.54, 1.807) is 0 Å². The van der Waals surface area contributed by atoms with Crippen molar-refractivity contribution in [2.75, 3.05) is 0 Å². The van der Waals surface area contributed by atoms with Crippen LogP contribution in [0.1, 0.15) is 22.3 Å². The highest BCUT2D eigenvalue weighted by molar-refractivity contribution is 5.33. The van der Waals surface area contributed by atoms with Crippen LogP contribution in [-0.4, -0.2) is 6.04 Å². The van der Waals surface area contributed by atoms with Crippen molar-refractivity contribution >= 4 is 0 Å². The third-order valence-electron chi connectivity index (χ3n) is 4.24. The number of aryl methyl sites for hydroxylation is 1. The SMILES string of the molecule is Cc1cccc(CC(N)C2Cc3ccccc3C2)c1. The monoisotopic (exact) mass is 251 g/mol. The molecule has 19 heavy (non-hydrogen) atoms. The van der Waals surface area contributed by atoms with E-state index in [0.717, 1.165) is 19.3 Å². The maximum absolute atomic E-state index is 6.44. The summed E-state index contributed by atoms with van der Waals surface area (Å²) in [7, 11) is 0. The molecule has 0 spiro atoms. The van der Waals surface area contributed by atoms with Gasteiger partial charge in [-0.05, 0) is 48.8 Å². The molecular formula is C18H21N. The van der Waals surface area contributed by atoms with Crippen LogP contribution in [0.5, 0.6) is 0 Å². The van der Waals surface area contributed by atoms with E-state index in [1.165, 1.54) is 22.3 Å². The van der Waals surface area contributed by atoms with E-state index in [-0.39, 0.29) is 6.04 Å². The average Bonchev–Trinajstić information content (AvgIpc) is 2.82. The van der Waals surface area contributed by atoms with Crippen molar-refractivity contribution in [1.82, 2.24) is 0 Å². The van der Waals surface area contributed by atoms with Gasteiger partial charge in [-0.3, -0.25) is 0 Å². The van der Waals surface area contributed by atoms with Crippen molar-refractivity contribution in [1.29, 1.82) is 0 Å². The van der Waals surface area contributed by atoms with Crippen LogP contribution in [0.3, 0.4) is 0 Å². The number of hydrogen-bond acceptors (Lipinski definition) is 1. The number of fused-ring (bicyclic) bond motifs is 1. The minimum atomic E-state index is 0.259. The Kier molecular flexibility index (Phi) is 3.39. The van der Waals surface area contributed by atoms with Crippen LogP contribution in [0.2, 0.25) is 0 Å². The zero-order chi connectivity index (χ0) is 13.2. The molecule has 2 aromatic carbocycles. The lowest BCUT2D eigenvalue weighted by atomic mass is 9.91. The minimum Gasteiger partial charge on any atom is -0.327 e. The molecule has 0 heterocycles. The Morgan fingerprint density at radius 1 is 1.05 bits per heavy atom. The maximum atomic E-state index is 6.44. The molecule has 1 atom stereocenters. The summed E-state index contributed by atoms with van der Waals surface area (Å²) in [5.74, 6) is 0.595. The summed E-state index contributed by atoms with van der Waals surface area (Å²) >= 11 is 0. The Labute approximate surface area is 115 Å². The van der Waals surface area contributed by atoms with Crippen LogP contribution >= 0.6 is 0 Å². The maximum Gasteiger partial charge on any atom is 0.0114 e. The van der Waals surface area contributed by atoms with Gasteiger partial charge < -0.3 is 5.73 Å². The molecular weight excluding hydrogens is 230 g/mol. The quantitative estimate of drug-likeness (QED) is 0.890. The summed E-state index contributed by atoms with van der Waals surface area (Å²) in [5.41, 5.74) is 12.1. The number of rotatable bonds is 3. The molecule has 1 aliphatic carbocycles. The molecule has 0 bridgehead atoms. The van der Waals surface area contributed by atoms with Gasteiger partial charge in [-0.1, -0.05) is 54.1 Å². The zero-order valence-electron chi connectivity index (χ0n) is 11.5. The van der Waals surface area contributed by atoms with E-state index < -0.39 is 0 Å². The molecule has 0 saturated carbocycles. The highest BCUT2D eigenvalue weighted by Gasteiger charge is 2.26. The molecule has 1 nitrogen and oxygen atoms in total. The molecule has 0 aromatic heterocycles. The third-order valence-corrected chi connectivity index (χ3v) is 4.24. The molecule has 98 valence electrons. The van der Waals surface area contributed by atoms with Gasteiger partial charge in [0, 0.05) is 6.04 Å². The molecule has 3 rings (SSSR count). The predicted octanol–water partition coefficient (Wildman–Crippen LogP) is 3.28. The van der Waals surface area contributed by atoms with Gasteiger partial charge in [-0.25, -0.2) is 0 Å². The highest BCUT2D eigenvalue weighted by Crippen LogP contribution is 2.29. The summed E-state index contributed by atoms with van der Waals surface area (Å²) in [6.07, 6.45) is 3.27. The predicted molar refractivity (Wildman–Crippen MR) is 80.2 cm³/mol. The van der Waals surface area contributed by atoms with Gasteiger partial charge >= 0.3 is 0 Å². The van der Waals surface area contributed by atoms with Crippen molar-refractivity contribution in [3.05, 3.63) is 70.8 Å². The van der Waals surface area contributed by atoms with Crippen LogP contribution in [0.4, 0.5) is 0 Å². The Balaban J connectivity index is 1.68. The van der Waals surface area contributed by atoms with Gasteiger partial charge in [0.25, 0.3) is 0 Å². The Bertz CT molecular complexity index is 548. The third kappa shape index (κ3) is 2.71. The zero-order valence-corrected chi connectivity index (χ0v) is 11.5. The molecule has 0 radical (unpaired) electrons. The number of nitrogens with two attached hydrogens (primary N) is 1. The van der Waals surface area contributed by atoms with Crippen LogP contribution < -0.4 is 5.73 Å². The summed E-state index contributed by atoms with van der Waals surface area (Å²) in [6, 6.07) is 17.7. The first-order valence-electron chi connectivity index (χ1n) is 7.10. The molecule has 1 aliphatic rings. The van der Waals surface area contributed by atoms with Gasteiger partial charge in [0.05, 0.1) is 0 Å². The lowest BCUT2D eigenvalue weighted by Crippen LogP contribution is -2.32. The molecule has 0 saturated heterocycles. The number of hydrogen-bond donors (Lipinski definition) is 1. The molecule has 1 unspecified atom stereocenters. The molecule has 0 fully saturated rings. The molecule has 2 aromatic rings. The van der Waals surface area contributed by atoms with Crippen LogP contribution in [0, 0.1) is 12.8 Å².